The largest absolute Gasteiger partial charge is 0.454 e. The molecule has 0 atom stereocenters. The molecule has 0 saturated heterocycles. The minimum absolute atomic E-state index is 0.278. The number of hydrogen-bond acceptors (Lipinski definition) is 8. The number of rotatable bonds is 7. The quantitative estimate of drug-likeness (QED) is 0.235. The van der Waals surface area contributed by atoms with Gasteiger partial charge in [0.1, 0.15) is 5.01 Å². The fourth-order valence-electron chi connectivity index (χ4n) is 3.84. The van der Waals surface area contributed by atoms with Gasteiger partial charge >= 0.3 is 0 Å². The topological polar surface area (TPSA) is 62.1 Å². The van der Waals surface area contributed by atoms with Crippen LogP contribution in [0.5, 0.6) is 11.5 Å². The summed E-state index contributed by atoms with van der Waals surface area (Å²) in [4.78, 5) is 4.84. The summed E-state index contributed by atoms with van der Waals surface area (Å²) >= 11 is 5.07. The maximum absolute atomic E-state index is 5.50. The Balaban J connectivity index is 1.23. The lowest BCUT2D eigenvalue weighted by Gasteiger charge is -2.08. The average molecular weight is 493 g/mol. The number of thiophene rings is 1. The zero-order valence-electron chi connectivity index (χ0n) is 17.9. The first-order valence-electron chi connectivity index (χ1n) is 10.7. The predicted molar refractivity (Wildman–Crippen MR) is 134 cm³/mol. The van der Waals surface area contributed by atoms with Gasteiger partial charge in [0.15, 0.2) is 22.5 Å². The molecule has 6 rings (SSSR count). The summed E-state index contributed by atoms with van der Waals surface area (Å²) in [6.07, 6.45) is 1.02. The van der Waals surface area contributed by atoms with Crippen LogP contribution in [0.15, 0.2) is 58.4 Å². The third-order valence-electron chi connectivity index (χ3n) is 5.41. The van der Waals surface area contributed by atoms with E-state index >= 15 is 0 Å². The fourth-order valence-corrected chi connectivity index (χ4v) is 6.56. The first-order valence-corrected chi connectivity index (χ1v) is 13.4. The zero-order chi connectivity index (χ0) is 22.2. The molecule has 6 nitrogen and oxygen atoms in total. The number of nitrogens with zero attached hydrogens (tertiary/aromatic N) is 4. The summed E-state index contributed by atoms with van der Waals surface area (Å²) in [5.74, 6) is 3.25. The lowest BCUT2D eigenvalue weighted by atomic mass is 10.1. The molecule has 1 aliphatic rings. The van der Waals surface area contributed by atoms with Crippen LogP contribution in [0.3, 0.4) is 0 Å². The molecule has 166 valence electrons. The van der Waals surface area contributed by atoms with E-state index in [0.29, 0.717) is 0 Å². The molecule has 0 saturated carbocycles. The summed E-state index contributed by atoms with van der Waals surface area (Å²) in [6.45, 7) is 3.34. The summed E-state index contributed by atoms with van der Waals surface area (Å²) in [6, 6.07) is 14.4. The first kappa shape index (κ1) is 20.7. The first-order chi connectivity index (χ1) is 16.3. The molecule has 0 aliphatic carbocycles. The lowest BCUT2D eigenvalue weighted by Crippen LogP contribution is -2.01. The van der Waals surface area contributed by atoms with Crippen LogP contribution in [0.4, 0.5) is 0 Å². The van der Waals surface area contributed by atoms with Gasteiger partial charge in [0.2, 0.25) is 6.79 Å². The predicted octanol–water partition coefficient (Wildman–Crippen LogP) is 6.71. The average Bonchev–Trinajstić information content (AvgIpc) is 3.63. The van der Waals surface area contributed by atoms with Gasteiger partial charge in [-0.1, -0.05) is 36.9 Å². The highest BCUT2D eigenvalue weighted by Crippen LogP contribution is 2.38. The SMILES string of the molecule is CCCn1c(SCc2csc(-c3ccc4c(c3)OCO4)n2)nnc1-c1csc2ccccc12. The van der Waals surface area contributed by atoms with Crippen LogP contribution in [0.2, 0.25) is 0 Å². The van der Waals surface area contributed by atoms with Crippen LogP contribution in [-0.2, 0) is 12.3 Å². The van der Waals surface area contributed by atoms with Crippen molar-refractivity contribution in [2.75, 3.05) is 6.79 Å². The highest BCUT2D eigenvalue weighted by molar-refractivity contribution is 7.98. The van der Waals surface area contributed by atoms with E-state index in [9.17, 15) is 0 Å². The number of thiazole rings is 1. The third kappa shape index (κ3) is 3.90. The van der Waals surface area contributed by atoms with E-state index in [4.69, 9.17) is 14.5 Å². The van der Waals surface area contributed by atoms with E-state index in [0.717, 1.165) is 63.0 Å². The maximum atomic E-state index is 5.50. The van der Waals surface area contributed by atoms with Gasteiger partial charge < -0.3 is 14.0 Å². The Morgan fingerprint density at radius 2 is 1.94 bits per heavy atom. The van der Waals surface area contributed by atoms with E-state index in [1.54, 1.807) is 34.4 Å². The minimum Gasteiger partial charge on any atom is -0.454 e. The van der Waals surface area contributed by atoms with Crippen molar-refractivity contribution in [3.05, 3.63) is 58.9 Å². The summed E-state index contributed by atoms with van der Waals surface area (Å²) in [5.41, 5.74) is 3.23. The molecule has 5 aromatic rings. The minimum atomic E-state index is 0.278. The van der Waals surface area contributed by atoms with Gasteiger partial charge in [-0.2, -0.15) is 0 Å². The molecule has 4 heterocycles. The van der Waals surface area contributed by atoms with Gasteiger partial charge in [-0.25, -0.2) is 4.98 Å². The molecular formula is C24H20N4O2S3. The van der Waals surface area contributed by atoms with Gasteiger partial charge in [0.05, 0.1) is 5.69 Å². The smallest absolute Gasteiger partial charge is 0.231 e. The number of thioether (sulfide) groups is 1. The van der Waals surface area contributed by atoms with Crippen LogP contribution in [0.1, 0.15) is 19.0 Å². The van der Waals surface area contributed by atoms with Crippen LogP contribution < -0.4 is 9.47 Å². The van der Waals surface area contributed by atoms with Crippen molar-refractivity contribution >= 4 is 44.5 Å². The van der Waals surface area contributed by atoms with E-state index in [2.05, 4.69) is 56.7 Å². The molecular weight excluding hydrogens is 472 g/mol. The summed E-state index contributed by atoms with van der Waals surface area (Å²) in [7, 11) is 0. The number of benzene rings is 2. The fraction of sp³-hybridized carbons (Fsp3) is 0.208. The summed E-state index contributed by atoms with van der Waals surface area (Å²) in [5, 5.41) is 16.6. The van der Waals surface area contributed by atoms with Crippen LogP contribution >= 0.6 is 34.4 Å². The van der Waals surface area contributed by atoms with Crippen molar-refractivity contribution in [2.24, 2.45) is 0 Å². The Labute approximate surface area is 203 Å². The highest BCUT2D eigenvalue weighted by atomic mass is 32.2. The Morgan fingerprint density at radius 3 is 2.88 bits per heavy atom. The van der Waals surface area contributed by atoms with Gasteiger partial charge in [0, 0.05) is 44.3 Å². The number of fused-ring (bicyclic) bond motifs is 2. The van der Waals surface area contributed by atoms with Crippen molar-refractivity contribution in [3.8, 4) is 33.5 Å². The monoisotopic (exact) mass is 492 g/mol. The normalized spacial score (nSPS) is 12.6. The van der Waals surface area contributed by atoms with Crippen molar-refractivity contribution in [2.45, 2.75) is 30.8 Å². The van der Waals surface area contributed by atoms with E-state index in [-0.39, 0.29) is 6.79 Å². The summed E-state index contributed by atoms with van der Waals surface area (Å²) < 4.78 is 14.4. The Hall–Kier alpha value is -2.88. The molecule has 9 heteroatoms. The molecule has 0 amide bonds. The van der Waals surface area contributed by atoms with E-state index < -0.39 is 0 Å². The van der Waals surface area contributed by atoms with Gasteiger partial charge in [0.25, 0.3) is 0 Å². The molecule has 0 radical (unpaired) electrons. The Morgan fingerprint density at radius 1 is 1.03 bits per heavy atom. The standard InChI is InChI=1S/C24H20N4O2S3/c1-2-9-28-22(18-13-31-21-6-4-3-5-17(18)21)26-27-24(28)33-12-16-11-32-23(25-16)15-7-8-19-20(10-15)30-14-29-19/h3-8,10-11,13H,2,9,12,14H2,1H3. The molecule has 3 aromatic heterocycles. The van der Waals surface area contributed by atoms with Crippen molar-refractivity contribution < 1.29 is 9.47 Å². The van der Waals surface area contributed by atoms with Crippen LogP contribution in [-0.4, -0.2) is 26.5 Å². The van der Waals surface area contributed by atoms with Gasteiger partial charge in [-0.05, 0) is 30.7 Å². The number of hydrogen-bond donors (Lipinski definition) is 0. The molecule has 0 spiro atoms. The third-order valence-corrected chi connectivity index (χ3v) is 8.31. The molecule has 0 N–H and O–H groups in total. The number of ether oxygens (including phenoxy) is 2. The van der Waals surface area contributed by atoms with Gasteiger partial charge in [-0.15, -0.1) is 32.9 Å². The maximum Gasteiger partial charge on any atom is 0.231 e. The lowest BCUT2D eigenvalue weighted by molar-refractivity contribution is 0.174. The van der Waals surface area contributed by atoms with E-state index in [1.165, 1.54) is 10.1 Å². The van der Waals surface area contributed by atoms with E-state index in [1.807, 2.05) is 18.2 Å². The Bertz CT molecular complexity index is 1440. The molecule has 0 bridgehead atoms. The molecule has 1 aliphatic heterocycles. The van der Waals surface area contributed by atoms with Crippen molar-refractivity contribution in [3.63, 3.8) is 0 Å². The molecule has 0 unspecified atom stereocenters. The van der Waals surface area contributed by atoms with Crippen molar-refractivity contribution in [1.82, 2.24) is 19.7 Å². The van der Waals surface area contributed by atoms with Crippen molar-refractivity contribution in [1.29, 1.82) is 0 Å². The molecule has 33 heavy (non-hydrogen) atoms. The van der Waals surface area contributed by atoms with Crippen LogP contribution in [0.25, 0.3) is 32.0 Å². The second-order valence-corrected chi connectivity index (χ2v) is 10.3. The zero-order valence-corrected chi connectivity index (χ0v) is 20.3. The second-order valence-electron chi connectivity index (χ2n) is 7.60. The Kier molecular flexibility index (Phi) is 5.53. The van der Waals surface area contributed by atoms with Crippen LogP contribution in [0, 0.1) is 0 Å². The van der Waals surface area contributed by atoms with Gasteiger partial charge in [-0.3, -0.25) is 0 Å². The number of aromatic nitrogens is 4. The highest BCUT2D eigenvalue weighted by Gasteiger charge is 2.18. The molecule has 0 fully saturated rings. The molecule has 2 aromatic carbocycles. The second kappa shape index (κ2) is 8.81.